The molecule has 1 atom stereocenters. The average molecular weight is 330 g/mol. The van der Waals surface area contributed by atoms with Crippen molar-refractivity contribution >= 4 is 17.5 Å². The maximum atomic E-state index is 13.3. The Morgan fingerprint density at radius 2 is 2.17 bits per heavy atom. The first-order valence-electron chi connectivity index (χ1n) is 7.84. The van der Waals surface area contributed by atoms with E-state index in [0.29, 0.717) is 23.9 Å². The van der Waals surface area contributed by atoms with Gasteiger partial charge >= 0.3 is 0 Å². The van der Waals surface area contributed by atoms with Crippen LogP contribution in [0.1, 0.15) is 12.8 Å². The molecule has 0 bridgehead atoms. The highest BCUT2D eigenvalue weighted by Crippen LogP contribution is 2.27. The van der Waals surface area contributed by atoms with Crippen molar-refractivity contribution in [2.75, 3.05) is 30.4 Å². The van der Waals surface area contributed by atoms with Crippen LogP contribution < -0.4 is 15.0 Å². The van der Waals surface area contributed by atoms with Crippen LogP contribution in [0.4, 0.5) is 16.0 Å². The SMILES string of the molecule is COc1cc(F)ccc1NC(=O)[C@H]1CCCN(c2ncccn2)C1. The zero-order valence-electron chi connectivity index (χ0n) is 13.4. The molecule has 1 aromatic carbocycles. The molecule has 1 aliphatic rings. The maximum absolute atomic E-state index is 13.3. The molecule has 0 aliphatic carbocycles. The number of ether oxygens (including phenoxy) is 1. The number of methoxy groups -OCH3 is 1. The van der Waals surface area contributed by atoms with Gasteiger partial charge in [0.15, 0.2) is 0 Å². The van der Waals surface area contributed by atoms with Crippen LogP contribution >= 0.6 is 0 Å². The molecular formula is C17H19FN4O2. The molecule has 1 aromatic heterocycles. The van der Waals surface area contributed by atoms with E-state index in [9.17, 15) is 9.18 Å². The van der Waals surface area contributed by atoms with Gasteiger partial charge in [-0.15, -0.1) is 0 Å². The minimum atomic E-state index is -0.407. The van der Waals surface area contributed by atoms with E-state index >= 15 is 0 Å². The number of piperidine rings is 1. The molecule has 1 amide bonds. The Bertz CT molecular complexity index is 711. The van der Waals surface area contributed by atoms with Gasteiger partial charge in [0.1, 0.15) is 11.6 Å². The summed E-state index contributed by atoms with van der Waals surface area (Å²) in [7, 11) is 1.44. The summed E-state index contributed by atoms with van der Waals surface area (Å²) in [6, 6.07) is 5.81. The third kappa shape index (κ3) is 3.61. The van der Waals surface area contributed by atoms with Crippen LogP contribution in [0.2, 0.25) is 0 Å². The summed E-state index contributed by atoms with van der Waals surface area (Å²) in [5.74, 6) is 0.240. The number of aromatic nitrogens is 2. The summed E-state index contributed by atoms with van der Waals surface area (Å²) in [6.07, 6.45) is 5.06. The summed E-state index contributed by atoms with van der Waals surface area (Å²) in [5, 5.41) is 2.83. The molecule has 6 nitrogen and oxygen atoms in total. The van der Waals surface area contributed by atoms with E-state index in [0.717, 1.165) is 19.4 Å². The largest absolute Gasteiger partial charge is 0.494 e. The Hall–Kier alpha value is -2.70. The van der Waals surface area contributed by atoms with Crippen LogP contribution in [0.5, 0.6) is 5.75 Å². The third-order valence-electron chi connectivity index (χ3n) is 4.05. The van der Waals surface area contributed by atoms with Crippen molar-refractivity contribution in [2.24, 2.45) is 5.92 Å². The molecule has 1 saturated heterocycles. The van der Waals surface area contributed by atoms with E-state index < -0.39 is 5.82 Å². The normalized spacial score (nSPS) is 17.4. The number of nitrogens with one attached hydrogen (secondary N) is 1. The molecule has 0 spiro atoms. The van der Waals surface area contributed by atoms with Crippen molar-refractivity contribution in [1.82, 2.24) is 9.97 Å². The van der Waals surface area contributed by atoms with Crippen molar-refractivity contribution in [2.45, 2.75) is 12.8 Å². The fourth-order valence-corrected chi connectivity index (χ4v) is 2.83. The van der Waals surface area contributed by atoms with Crippen molar-refractivity contribution in [3.05, 3.63) is 42.5 Å². The number of anilines is 2. The summed E-state index contributed by atoms with van der Waals surface area (Å²) in [6.45, 7) is 1.38. The number of nitrogens with zero attached hydrogens (tertiary/aromatic N) is 3. The fraction of sp³-hybridized carbons (Fsp3) is 0.353. The predicted molar refractivity (Wildman–Crippen MR) is 88.6 cm³/mol. The maximum Gasteiger partial charge on any atom is 0.229 e. The Balaban J connectivity index is 1.69. The lowest BCUT2D eigenvalue weighted by molar-refractivity contribution is -0.120. The minimum absolute atomic E-state index is 0.111. The van der Waals surface area contributed by atoms with Crippen LogP contribution in [0.3, 0.4) is 0 Å². The van der Waals surface area contributed by atoms with Gasteiger partial charge < -0.3 is 15.0 Å². The number of amides is 1. The van der Waals surface area contributed by atoms with Crippen LogP contribution in [-0.4, -0.2) is 36.1 Å². The second-order valence-corrected chi connectivity index (χ2v) is 5.67. The van der Waals surface area contributed by atoms with Gasteiger partial charge in [0.2, 0.25) is 11.9 Å². The molecule has 1 N–H and O–H groups in total. The lowest BCUT2D eigenvalue weighted by atomic mass is 9.97. The molecule has 2 heterocycles. The number of rotatable bonds is 4. The van der Waals surface area contributed by atoms with Gasteiger partial charge in [0.05, 0.1) is 18.7 Å². The molecule has 7 heteroatoms. The van der Waals surface area contributed by atoms with E-state index in [1.807, 2.05) is 4.90 Å². The highest BCUT2D eigenvalue weighted by molar-refractivity contribution is 5.94. The van der Waals surface area contributed by atoms with Gasteiger partial charge in [-0.25, -0.2) is 14.4 Å². The van der Waals surface area contributed by atoms with E-state index in [-0.39, 0.29) is 11.8 Å². The second-order valence-electron chi connectivity index (χ2n) is 5.67. The summed E-state index contributed by atoms with van der Waals surface area (Å²) in [4.78, 5) is 23.1. The van der Waals surface area contributed by atoms with Crippen molar-refractivity contribution in [3.8, 4) is 5.75 Å². The van der Waals surface area contributed by atoms with Crippen LogP contribution in [0.15, 0.2) is 36.7 Å². The van der Waals surface area contributed by atoms with Crippen LogP contribution in [-0.2, 0) is 4.79 Å². The smallest absolute Gasteiger partial charge is 0.229 e. The van der Waals surface area contributed by atoms with Crippen molar-refractivity contribution in [1.29, 1.82) is 0 Å². The molecule has 0 saturated carbocycles. The Morgan fingerprint density at radius 3 is 2.92 bits per heavy atom. The van der Waals surface area contributed by atoms with Gasteiger partial charge in [0.25, 0.3) is 0 Å². The van der Waals surface area contributed by atoms with Gasteiger partial charge in [-0.1, -0.05) is 0 Å². The number of carbonyl (C=O) groups is 1. The molecular weight excluding hydrogens is 311 g/mol. The molecule has 3 rings (SSSR count). The van der Waals surface area contributed by atoms with E-state index in [4.69, 9.17) is 4.74 Å². The second kappa shape index (κ2) is 7.25. The van der Waals surface area contributed by atoms with Crippen molar-refractivity contribution in [3.63, 3.8) is 0 Å². The summed E-state index contributed by atoms with van der Waals surface area (Å²) >= 11 is 0. The molecule has 1 fully saturated rings. The van der Waals surface area contributed by atoms with Gasteiger partial charge in [-0.2, -0.15) is 0 Å². The Morgan fingerprint density at radius 1 is 1.38 bits per heavy atom. The topological polar surface area (TPSA) is 67.3 Å². The zero-order valence-corrected chi connectivity index (χ0v) is 13.4. The fourth-order valence-electron chi connectivity index (χ4n) is 2.83. The third-order valence-corrected chi connectivity index (χ3v) is 4.05. The number of hydrogen-bond acceptors (Lipinski definition) is 5. The first-order valence-corrected chi connectivity index (χ1v) is 7.84. The molecule has 2 aromatic rings. The number of benzene rings is 1. The quantitative estimate of drug-likeness (QED) is 0.933. The van der Waals surface area contributed by atoms with E-state index in [2.05, 4.69) is 15.3 Å². The molecule has 24 heavy (non-hydrogen) atoms. The highest BCUT2D eigenvalue weighted by Gasteiger charge is 2.27. The molecule has 126 valence electrons. The summed E-state index contributed by atoms with van der Waals surface area (Å²) in [5.41, 5.74) is 0.469. The number of carbonyl (C=O) groups excluding carboxylic acids is 1. The standard InChI is InChI=1S/C17H19FN4O2/c1-24-15-10-13(18)5-6-14(15)21-16(23)12-4-2-9-22(11-12)17-19-7-3-8-20-17/h3,5-8,10,12H,2,4,9,11H2,1H3,(H,21,23)/t12-/m0/s1. The Kier molecular flexibility index (Phi) is 4.88. The monoisotopic (exact) mass is 330 g/mol. The lowest BCUT2D eigenvalue weighted by Gasteiger charge is -2.32. The molecule has 0 radical (unpaired) electrons. The van der Waals surface area contributed by atoms with E-state index in [1.165, 1.54) is 25.3 Å². The highest BCUT2D eigenvalue weighted by atomic mass is 19.1. The van der Waals surface area contributed by atoms with Crippen molar-refractivity contribution < 1.29 is 13.9 Å². The Labute approximate surface area is 139 Å². The van der Waals surface area contributed by atoms with Crippen LogP contribution in [0.25, 0.3) is 0 Å². The summed E-state index contributed by atoms with van der Waals surface area (Å²) < 4.78 is 18.4. The van der Waals surface area contributed by atoms with Gasteiger partial charge in [-0.05, 0) is 31.0 Å². The molecule has 0 unspecified atom stereocenters. The van der Waals surface area contributed by atoms with Gasteiger partial charge in [0, 0.05) is 31.5 Å². The first kappa shape index (κ1) is 16.2. The van der Waals surface area contributed by atoms with Crippen LogP contribution in [0, 0.1) is 11.7 Å². The number of hydrogen-bond donors (Lipinski definition) is 1. The van der Waals surface area contributed by atoms with Gasteiger partial charge in [-0.3, -0.25) is 4.79 Å². The lowest BCUT2D eigenvalue weighted by Crippen LogP contribution is -2.41. The average Bonchev–Trinajstić information content (AvgIpc) is 2.64. The van der Waals surface area contributed by atoms with E-state index in [1.54, 1.807) is 18.5 Å². The first-order chi connectivity index (χ1) is 11.7. The zero-order chi connectivity index (χ0) is 16.9. The minimum Gasteiger partial charge on any atom is -0.494 e. The number of halogens is 1. The molecule has 1 aliphatic heterocycles. The predicted octanol–water partition coefficient (Wildman–Crippen LogP) is 2.48.